The van der Waals surface area contributed by atoms with E-state index in [2.05, 4.69) is 21.7 Å². The summed E-state index contributed by atoms with van der Waals surface area (Å²) in [6, 6.07) is 7.81. The highest BCUT2D eigenvalue weighted by molar-refractivity contribution is 7.22. The highest BCUT2D eigenvalue weighted by Gasteiger charge is 2.22. The van der Waals surface area contributed by atoms with Gasteiger partial charge in [0, 0.05) is 43.1 Å². The normalized spacial score (nSPS) is 14.5. The topological polar surface area (TPSA) is 107 Å². The van der Waals surface area contributed by atoms with E-state index in [1.54, 1.807) is 18.4 Å². The van der Waals surface area contributed by atoms with E-state index in [1.807, 2.05) is 31.3 Å². The van der Waals surface area contributed by atoms with Crippen molar-refractivity contribution in [3.8, 4) is 10.6 Å². The van der Waals surface area contributed by atoms with Crippen LogP contribution in [0.1, 0.15) is 35.2 Å². The van der Waals surface area contributed by atoms with E-state index in [4.69, 9.17) is 10.1 Å². The number of carbonyl (C=O) groups excluding carboxylic acids is 1. The van der Waals surface area contributed by atoms with Gasteiger partial charge in [-0.3, -0.25) is 4.79 Å². The summed E-state index contributed by atoms with van der Waals surface area (Å²) < 4.78 is 1.04. The fourth-order valence-electron chi connectivity index (χ4n) is 4.01. The van der Waals surface area contributed by atoms with E-state index >= 15 is 0 Å². The van der Waals surface area contributed by atoms with Crippen LogP contribution in [0.5, 0.6) is 0 Å². The van der Waals surface area contributed by atoms with Crippen LogP contribution >= 0.6 is 11.3 Å². The van der Waals surface area contributed by atoms with Gasteiger partial charge in [-0.05, 0) is 61.3 Å². The van der Waals surface area contributed by atoms with Crippen molar-refractivity contribution in [2.75, 3.05) is 32.0 Å². The van der Waals surface area contributed by atoms with E-state index in [1.165, 1.54) is 4.90 Å². The molecular weight excluding hydrogens is 426 g/mol. The molecule has 0 bridgehead atoms. The Hall–Kier alpha value is -3.20. The van der Waals surface area contributed by atoms with Gasteiger partial charge in [0.2, 0.25) is 5.95 Å². The van der Waals surface area contributed by atoms with Crippen molar-refractivity contribution in [3.63, 3.8) is 0 Å². The Bertz CT molecular complexity index is 1140. The third kappa shape index (κ3) is 4.83. The Morgan fingerprint density at radius 2 is 2.03 bits per heavy atom. The predicted octanol–water partition coefficient (Wildman–Crippen LogP) is 4.22. The molecule has 2 aromatic heterocycles. The number of amides is 2. The fraction of sp³-hybridized carbons (Fsp3) is 0.391. The maximum absolute atomic E-state index is 11.9. The Morgan fingerprint density at radius 1 is 1.25 bits per heavy atom. The largest absolute Gasteiger partial charge is 0.465 e. The average Bonchev–Trinajstić information content (AvgIpc) is 3.23. The van der Waals surface area contributed by atoms with Gasteiger partial charge in [-0.15, -0.1) is 11.3 Å². The van der Waals surface area contributed by atoms with Gasteiger partial charge in [0.25, 0.3) is 5.91 Å². The number of carbonyl (C=O) groups is 2. The molecule has 0 saturated carbocycles. The van der Waals surface area contributed by atoms with Gasteiger partial charge >= 0.3 is 6.09 Å². The van der Waals surface area contributed by atoms with Crippen molar-refractivity contribution in [1.29, 1.82) is 0 Å². The van der Waals surface area contributed by atoms with Crippen molar-refractivity contribution in [1.82, 2.24) is 20.2 Å². The molecule has 3 aromatic rings. The minimum absolute atomic E-state index is 0.0970. The minimum Gasteiger partial charge on any atom is -0.465 e. The van der Waals surface area contributed by atoms with Gasteiger partial charge < -0.3 is 20.6 Å². The zero-order valence-electron chi connectivity index (χ0n) is 18.2. The first kappa shape index (κ1) is 22.0. The number of carboxylic acid groups (broad SMARTS) is 1. The highest BCUT2D eigenvalue weighted by Crippen LogP contribution is 2.35. The molecule has 0 aliphatic carbocycles. The van der Waals surface area contributed by atoms with E-state index < -0.39 is 6.09 Å². The molecule has 0 unspecified atom stereocenters. The monoisotopic (exact) mass is 453 g/mol. The number of thiophene rings is 1. The first-order valence-corrected chi connectivity index (χ1v) is 11.6. The number of likely N-dealkylation sites (tertiary alicyclic amines) is 1. The van der Waals surface area contributed by atoms with E-state index in [0.717, 1.165) is 52.0 Å². The lowest BCUT2D eigenvalue weighted by Gasteiger charge is -2.29. The third-order valence-corrected chi connectivity index (χ3v) is 7.04. The number of nitrogens with zero attached hydrogens (tertiary/aromatic N) is 3. The summed E-state index contributed by atoms with van der Waals surface area (Å²) in [5.74, 6) is 1.01. The molecular formula is C23H27N5O3S. The average molecular weight is 454 g/mol. The Labute approximate surface area is 190 Å². The van der Waals surface area contributed by atoms with Gasteiger partial charge in [-0.1, -0.05) is 6.07 Å². The summed E-state index contributed by atoms with van der Waals surface area (Å²) in [4.78, 5) is 34.7. The quantitative estimate of drug-likeness (QED) is 0.516. The van der Waals surface area contributed by atoms with Crippen LogP contribution in [0.25, 0.3) is 20.7 Å². The molecule has 2 amide bonds. The first-order chi connectivity index (χ1) is 15.4. The molecule has 9 heteroatoms. The molecule has 1 aliphatic rings. The molecule has 3 N–H and O–H groups in total. The summed E-state index contributed by atoms with van der Waals surface area (Å²) in [7, 11) is 1.63. The van der Waals surface area contributed by atoms with Crippen LogP contribution in [-0.2, 0) is 0 Å². The number of fused-ring (bicyclic) bond motifs is 1. The van der Waals surface area contributed by atoms with Crippen LogP contribution < -0.4 is 10.6 Å². The molecule has 1 aliphatic heterocycles. The van der Waals surface area contributed by atoms with Crippen LogP contribution in [0.4, 0.5) is 10.7 Å². The van der Waals surface area contributed by atoms with Gasteiger partial charge in [-0.2, -0.15) is 0 Å². The summed E-state index contributed by atoms with van der Waals surface area (Å²) >= 11 is 1.61. The fourth-order valence-corrected chi connectivity index (χ4v) is 5.17. The molecule has 3 heterocycles. The molecule has 1 saturated heterocycles. The van der Waals surface area contributed by atoms with Crippen molar-refractivity contribution in [3.05, 3.63) is 41.6 Å². The van der Waals surface area contributed by atoms with E-state index in [-0.39, 0.29) is 5.91 Å². The summed E-state index contributed by atoms with van der Waals surface area (Å²) in [6.07, 6.45) is 3.76. The molecule has 1 aromatic carbocycles. The van der Waals surface area contributed by atoms with Crippen molar-refractivity contribution in [2.24, 2.45) is 5.92 Å². The minimum atomic E-state index is -0.826. The zero-order valence-corrected chi connectivity index (χ0v) is 19.0. The lowest BCUT2D eigenvalue weighted by Crippen LogP contribution is -2.37. The molecule has 4 rings (SSSR count). The van der Waals surface area contributed by atoms with Crippen molar-refractivity contribution >= 4 is 39.4 Å². The smallest absolute Gasteiger partial charge is 0.407 e. The first-order valence-electron chi connectivity index (χ1n) is 10.8. The molecule has 0 spiro atoms. The van der Waals surface area contributed by atoms with E-state index in [0.29, 0.717) is 30.5 Å². The third-order valence-electron chi connectivity index (χ3n) is 5.94. The number of aromatic nitrogens is 2. The lowest BCUT2D eigenvalue weighted by atomic mass is 9.94. The van der Waals surface area contributed by atoms with E-state index in [9.17, 15) is 9.59 Å². The van der Waals surface area contributed by atoms with Crippen molar-refractivity contribution < 1.29 is 14.7 Å². The number of hydrogen-bond donors (Lipinski definition) is 3. The Kier molecular flexibility index (Phi) is 6.55. The maximum Gasteiger partial charge on any atom is 0.407 e. The number of anilines is 1. The van der Waals surface area contributed by atoms with Gasteiger partial charge in [0.1, 0.15) is 0 Å². The number of rotatable bonds is 6. The van der Waals surface area contributed by atoms with Crippen LogP contribution in [0.3, 0.4) is 0 Å². The van der Waals surface area contributed by atoms with Gasteiger partial charge in [0.15, 0.2) is 0 Å². The number of nitrogens with one attached hydrogen (secondary N) is 2. The summed E-state index contributed by atoms with van der Waals surface area (Å²) in [5, 5.41) is 16.1. The Morgan fingerprint density at radius 3 is 2.75 bits per heavy atom. The van der Waals surface area contributed by atoms with Crippen LogP contribution in [-0.4, -0.2) is 58.7 Å². The Balaban J connectivity index is 1.43. The predicted molar refractivity (Wildman–Crippen MR) is 126 cm³/mol. The number of benzene rings is 1. The summed E-state index contributed by atoms with van der Waals surface area (Å²) in [6.45, 7) is 3.97. The molecule has 0 atom stereocenters. The number of piperidine rings is 1. The van der Waals surface area contributed by atoms with Crippen LogP contribution in [0.2, 0.25) is 0 Å². The molecule has 0 radical (unpaired) electrons. The van der Waals surface area contributed by atoms with Crippen LogP contribution in [0, 0.1) is 12.8 Å². The lowest BCUT2D eigenvalue weighted by molar-refractivity contribution is 0.0963. The zero-order chi connectivity index (χ0) is 22.7. The van der Waals surface area contributed by atoms with Crippen molar-refractivity contribution in [2.45, 2.75) is 26.2 Å². The van der Waals surface area contributed by atoms with Crippen LogP contribution in [0.15, 0.2) is 30.5 Å². The molecule has 8 nitrogen and oxygen atoms in total. The standard InChI is InChI=1S/C23H27N5O3S/c1-14-13-26-22(25-8-5-15-6-9-28(10-7-15)23(30)31)27-20(14)19-11-16-3-4-17(21(29)24-2)12-18(16)32-19/h3-4,11-13,15H,5-10H2,1-2H3,(H,24,29)(H,30,31)(H,25,26,27). The SMILES string of the molecule is CNC(=O)c1ccc2cc(-c3nc(NCCC4CCN(C(=O)O)CC4)ncc3C)sc2c1. The highest BCUT2D eigenvalue weighted by atomic mass is 32.1. The second-order valence-corrected chi connectivity index (χ2v) is 9.18. The molecule has 168 valence electrons. The van der Waals surface area contributed by atoms with Gasteiger partial charge in [0.05, 0.1) is 10.6 Å². The number of hydrogen-bond acceptors (Lipinski definition) is 6. The van der Waals surface area contributed by atoms with Gasteiger partial charge in [-0.25, -0.2) is 14.8 Å². The molecule has 32 heavy (non-hydrogen) atoms. The maximum atomic E-state index is 11.9. The second-order valence-electron chi connectivity index (χ2n) is 8.10. The second kappa shape index (κ2) is 9.52. The molecule has 1 fully saturated rings. The summed E-state index contributed by atoms with van der Waals surface area (Å²) in [5.41, 5.74) is 2.53. The number of aryl methyl sites for hydroxylation is 1.